The minimum Gasteiger partial charge on any atom is -0.368 e. The number of aromatic nitrogens is 2. The first kappa shape index (κ1) is 10.4. The molecule has 5 heteroatoms. The quantitative estimate of drug-likeness (QED) is 0.892. The van der Waals surface area contributed by atoms with Gasteiger partial charge in [0.25, 0.3) is 0 Å². The highest BCUT2D eigenvalue weighted by molar-refractivity contribution is 7.09. The largest absolute Gasteiger partial charge is 0.368 e. The zero-order chi connectivity index (χ0) is 10.5. The summed E-state index contributed by atoms with van der Waals surface area (Å²) in [6, 6.07) is 7.73. The van der Waals surface area contributed by atoms with E-state index < -0.39 is 0 Å². The number of rotatable bonds is 4. The summed E-state index contributed by atoms with van der Waals surface area (Å²) < 4.78 is 0. The second-order valence-electron chi connectivity index (χ2n) is 3.00. The SMILES string of the molecule is Clc1ccc(NCCc2cccs2)nn1. The van der Waals surface area contributed by atoms with E-state index in [9.17, 15) is 0 Å². The molecular formula is C10H10ClN3S. The number of thiophene rings is 1. The predicted octanol–water partition coefficient (Wildman–Crippen LogP) is 2.85. The molecule has 0 amide bonds. The highest BCUT2D eigenvalue weighted by atomic mass is 35.5. The molecule has 2 rings (SSSR count). The number of anilines is 1. The van der Waals surface area contributed by atoms with Crippen LogP contribution in [0, 0.1) is 0 Å². The summed E-state index contributed by atoms with van der Waals surface area (Å²) in [5.74, 6) is 0.760. The van der Waals surface area contributed by atoms with Gasteiger partial charge in [0.15, 0.2) is 5.15 Å². The summed E-state index contributed by atoms with van der Waals surface area (Å²) in [4.78, 5) is 1.37. The highest BCUT2D eigenvalue weighted by Crippen LogP contribution is 2.10. The molecule has 0 atom stereocenters. The van der Waals surface area contributed by atoms with Crippen LogP contribution in [0.25, 0.3) is 0 Å². The van der Waals surface area contributed by atoms with Crippen molar-refractivity contribution in [2.24, 2.45) is 0 Å². The molecule has 0 fully saturated rings. The molecule has 1 N–H and O–H groups in total. The van der Waals surface area contributed by atoms with E-state index in [0.29, 0.717) is 5.15 Å². The molecule has 0 radical (unpaired) electrons. The Morgan fingerprint density at radius 2 is 2.20 bits per heavy atom. The van der Waals surface area contributed by atoms with Crippen LogP contribution in [0.15, 0.2) is 29.6 Å². The Morgan fingerprint density at radius 3 is 2.87 bits per heavy atom. The van der Waals surface area contributed by atoms with Crippen LogP contribution in [0.2, 0.25) is 5.15 Å². The van der Waals surface area contributed by atoms with Crippen LogP contribution in [0.3, 0.4) is 0 Å². The second kappa shape index (κ2) is 5.09. The molecule has 0 aromatic carbocycles. The van der Waals surface area contributed by atoms with E-state index in [2.05, 4.69) is 33.0 Å². The third kappa shape index (κ3) is 3.18. The van der Waals surface area contributed by atoms with Gasteiger partial charge in [-0.1, -0.05) is 17.7 Å². The topological polar surface area (TPSA) is 37.8 Å². The van der Waals surface area contributed by atoms with Crippen molar-refractivity contribution in [3.8, 4) is 0 Å². The molecule has 0 spiro atoms. The summed E-state index contributed by atoms with van der Waals surface area (Å²) in [6.07, 6.45) is 1.00. The second-order valence-corrected chi connectivity index (χ2v) is 4.42. The van der Waals surface area contributed by atoms with Gasteiger partial charge in [-0.25, -0.2) is 0 Å². The first-order chi connectivity index (χ1) is 7.34. The monoisotopic (exact) mass is 239 g/mol. The van der Waals surface area contributed by atoms with Crippen molar-refractivity contribution < 1.29 is 0 Å². The highest BCUT2D eigenvalue weighted by Gasteiger charge is 1.96. The number of nitrogens with one attached hydrogen (secondary N) is 1. The van der Waals surface area contributed by atoms with E-state index in [1.54, 1.807) is 17.4 Å². The van der Waals surface area contributed by atoms with Gasteiger partial charge in [0.05, 0.1) is 0 Å². The standard InChI is InChI=1S/C10H10ClN3S/c11-9-3-4-10(14-13-9)12-6-5-8-2-1-7-15-8/h1-4,7H,5-6H2,(H,12,14). The Labute approximate surface area is 97.1 Å². The lowest BCUT2D eigenvalue weighted by Gasteiger charge is -2.02. The molecule has 0 aliphatic carbocycles. The number of nitrogens with zero attached hydrogens (tertiary/aromatic N) is 2. The Morgan fingerprint density at radius 1 is 1.27 bits per heavy atom. The van der Waals surface area contributed by atoms with E-state index in [1.165, 1.54) is 4.88 Å². The van der Waals surface area contributed by atoms with E-state index in [1.807, 2.05) is 6.07 Å². The molecule has 2 aromatic rings. The van der Waals surface area contributed by atoms with Gasteiger partial charge in [0, 0.05) is 11.4 Å². The van der Waals surface area contributed by atoms with Gasteiger partial charge in [-0.15, -0.1) is 21.5 Å². The van der Waals surface area contributed by atoms with Crippen molar-refractivity contribution >= 4 is 28.8 Å². The zero-order valence-electron chi connectivity index (χ0n) is 7.98. The van der Waals surface area contributed by atoms with Crippen molar-refractivity contribution in [3.05, 3.63) is 39.7 Å². The molecule has 0 aliphatic heterocycles. The third-order valence-electron chi connectivity index (χ3n) is 1.89. The molecule has 2 aromatic heterocycles. The lowest BCUT2D eigenvalue weighted by molar-refractivity contribution is 0.977. The molecule has 0 bridgehead atoms. The lowest BCUT2D eigenvalue weighted by Crippen LogP contribution is -2.05. The van der Waals surface area contributed by atoms with Crippen molar-refractivity contribution in [1.82, 2.24) is 10.2 Å². The fraction of sp³-hybridized carbons (Fsp3) is 0.200. The fourth-order valence-electron chi connectivity index (χ4n) is 1.18. The van der Waals surface area contributed by atoms with Crippen LogP contribution in [0.5, 0.6) is 0 Å². The van der Waals surface area contributed by atoms with E-state index in [4.69, 9.17) is 11.6 Å². The Kier molecular flexibility index (Phi) is 3.53. The minimum absolute atomic E-state index is 0.416. The molecular weight excluding hydrogens is 230 g/mol. The van der Waals surface area contributed by atoms with E-state index in [-0.39, 0.29) is 0 Å². The summed E-state index contributed by atoms with van der Waals surface area (Å²) in [6.45, 7) is 0.858. The zero-order valence-corrected chi connectivity index (χ0v) is 9.55. The molecule has 78 valence electrons. The maximum Gasteiger partial charge on any atom is 0.151 e. The maximum atomic E-state index is 5.63. The van der Waals surface area contributed by atoms with Gasteiger partial charge in [-0.05, 0) is 30.0 Å². The number of hydrogen-bond donors (Lipinski definition) is 1. The maximum absolute atomic E-state index is 5.63. The molecule has 0 saturated heterocycles. The van der Waals surface area contributed by atoms with Gasteiger partial charge < -0.3 is 5.32 Å². The Balaban J connectivity index is 1.81. The average molecular weight is 240 g/mol. The summed E-state index contributed by atoms with van der Waals surface area (Å²) in [7, 11) is 0. The van der Waals surface area contributed by atoms with Crippen molar-refractivity contribution in [3.63, 3.8) is 0 Å². The molecule has 0 aliphatic rings. The van der Waals surface area contributed by atoms with Crippen LogP contribution in [-0.2, 0) is 6.42 Å². The van der Waals surface area contributed by atoms with E-state index >= 15 is 0 Å². The summed E-state index contributed by atoms with van der Waals surface area (Å²) in [5, 5.41) is 13.3. The van der Waals surface area contributed by atoms with Crippen molar-refractivity contribution in [2.45, 2.75) is 6.42 Å². The first-order valence-corrected chi connectivity index (χ1v) is 5.86. The van der Waals surface area contributed by atoms with Gasteiger partial charge in [0.2, 0.25) is 0 Å². The van der Waals surface area contributed by atoms with Crippen LogP contribution < -0.4 is 5.32 Å². The van der Waals surface area contributed by atoms with Crippen LogP contribution in [0.4, 0.5) is 5.82 Å². The minimum atomic E-state index is 0.416. The van der Waals surface area contributed by atoms with Crippen LogP contribution in [0.1, 0.15) is 4.88 Å². The molecule has 0 unspecified atom stereocenters. The normalized spacial score (nSPS) is 10.2. The van der Waals surface area contributed by atoms with E-state index in [0.717, 1.165) is 18.8 Å². The van der Waals surface area contributed by atoms with Crippen molar-refractivity contribution in [1.29, 1.82) is 0 Å². The molecule has 3 nitrogen and oxygen atoms in total. The average Bonchev–Trinajstić information content (AvgIpc) is 2.74. The van der Waals surface area contributed by atoms with Gasteiger partial charge in [-0.2, -0.15) is 0 Å². The van der Waals surface area contributed by atoms with Crippen LogP contribution >= 0.6 is 22.9 Å². The fourth-order valence-corrected chi connectivity index (χ4v) is 1.99. The molecule has 15 heavy (non-hydrogen) atoms. The Hall–Kier alpha value is -1.13. The van der Waals surface area contributed by atoms with Crippen molar-refractivity contribution in [2.75, 3.05) is 11.9 Å². The third-order valence-corrected chi connectivity index (χ3v) is 3.03. The molecule has 0 saturated carbocycles. The lowest BCUT2D eigenvalue weighted by atomic mass is 10.3. The van der Waals surface area contributed by atoms with Crippen LogP contribution in [-0.4, -0.2) is 16.7 Å². The number of halogens is 1. The first-order valence-electron chi connectivity index (χ1n) is 4.60. The van der Waals surface area contributed by atoms with Gasteiger partial charge in [0.1, 0.15) is 5.82 Å². The summed E-state index contributed by atoms with van der Waals surface area (Å²) >= 11 is 7.39. The van der Waals surface area contributed by atoms with Gasteiger partial charge >= 0.3 is 0 Å². The smallest absolute Gasteiger partial charge is 0.151 e. The number of hydrogen-bond acceptors (Lipinski definition) is 4. The summed E-state index contributed by atoms with van der Waals surface area (Å²) in [5.41, 5.74) is 0. The molecule has 2 heterocycles. The Bertz CT molecular complexity index is 399. The predicted molar refractivity (Wildman–Crippen MR) is 63.6 cm³/mol. The van der Waals surface area contributed by atoms with Gasteiger partial charge in [-0.3, -0.25) is 0 Å².